The summed E-state index contributed by atoms with van der Waals surface area (Å²) < 4.78 is 0. The van der Waals surface area contributed by atoms with E-state index in [1.807, 2.05) is 130 Å². The third-order valence-electron chi connectivity index (χ3n) is 30.6. The van der Waals surface area contributed by atoms with Crippen LogP contribution in [-0.2, 0) is 0 Å². The highest BCUT2D eigenvalue weighted by Crippen LogP contribution is 2.56. The Kier molecular flexibility index (Phi) is 35.5. The fourth-order valence-electron chi connectivity index (χ4n) is 24.0. The Morgan fingerprint density at radius 2 is 0.356 bits per heavy atom. The van der Waals surface area contributed by atoms with Gasteiger partial charge in [-0.05, 0) is 300 Å². The molecule has 4 atom stereocenters. The average Bonchev–Trinajstić information content (AvgIpc) is 0.778. The third-order valence-corrected chi connectivity index (χ3v) is 30.6. The third kappa shape index (κ3) is 24.7. The maximum atomic E-state index is 11.0. The van der Waals surface area contributed by atoms with Crippen LogP contribution in [0.1, 0.15) is 378 Å². The smallest absolute Gasteiger partial charge is 0.122 e. The number of aromatic hydroxyl groups is 10. The fourth-order valence-corrected chi connectivity index (χ4v) is 24.0. The van der Waals surface area contributed by atoms with E-state index >= 15 is 0 Å². The van der Waals surface area contributed by atoms with Crippen LogP contribution in [0.5, 0.6) is 57.5 Å². The van der Waals surface area contributed by atoms with Crippen molar-refractivity contribution in [2.45, 2.75) is 349 Å². The van der Waals surface area contributed by atoms with Crippen molar-refractivity contribution >= 4 is 0 Å². The van der Waals surface area contributed by atoms with Crippen LogP contribution in [0, 0.1) is 180 Å². The quantitative estimate of drug-likeness (QED) is 0.0348. The van der Waals surface area contributed by atoms with Crippen LogP contribution >= 0.6 is 0 Å². The molecule has 10 N–H and O–H groups in total. The summed E-state index contributed by atoms with van der Waals surface area (Å²) in [6, 6.07) is 41.4. The first-order chi connectivity index (χ1) is 62.6. The van der Waals surface area contributed by atoms with E-state index in [0.29, 0.717) is 98.9 Å². The normalized spacial score (nSPS) is 17.8. The molecular weight excluding hydrogens is 1630 g/mol. The highest BCUT2D eigenvalue weighted by atomic mass is 16.3. The largest absolute Gasteiger partial charge is 0.507 e. The minimum Gasteiger partial charge on any atom is -0.507 e. The van der Waals surface area contributed by atoms with E-state index in [9.17, 15) is 51.1 Å². The zero-order valence-electron chi connectivity index (χ0n) is 84.7. The van der Waals surface area contributed by atoms with Gasteiger partial charge in [0, 0.05) is 85.2 Å². The molecule has 10 heteroatoms. The van der Waals surface area contributed by atoms with Crippen molar-refractivity contribution in [1.29, 1.82) is 0 Å². The first-order valence-corrected chi connectivity index (χ1v) is 50.3. The van der Waals surface area contributed by atoms with E-state index in [4.69, 9.17) is 0 Å². The molecule has 0 aliphatic heterocycles. The predicted molar refractivity (Wildman–Crippen MR) is 550 cm³/mol. The lowest BCUT2D eigenvalue weighted by Gasteiger charge is -2.41. The van der Waals surface area contributed by atoms with E-state index in [-0.39, 0.29) is 29.6 Å². The summed E-state index contributed by atoms with van der Waals surface area (Å²) in [6.07, 6.45) is 33.0. The van der Waals surface area contributed by atoms with Crippen molar-refractivity contribution in [3.05, 3.63) is 300 Å². The number of phenolic OH excluding ortho intramolecular Hbond substituents is 10. The van der Waals surface area contributed by atoms with Crippen LogP contribution in [0.3, 0.4) is 0 Å². The predicted octanol–water partition coefficient (Wildman–Crippen LogP) is 32.4. The molecule has 0 heterocycles. The Morgan fingerprint density at radius 1 is 0.189 bits per heavy atom. The number of aryl methyl sites for hydroxylation is 20. The lowest BCUT2D eigenvalue weighted by Crippen LogP contribution is -2.30. The summed E-state index contributed by atoms with van der Waals surface area (Å²) in [7, 11) is 0. The van der Waals surface area contributed by atoms with Crippen LogP contribution in [0.2, 0.25) is 0 Å². The zero-order valence-corrected chi connectivity index (χ0v) is 84.7. The highest BCUT2D eigenvalue weighted by molar-refractivity contribution is 5.60. The van der Waals surface area contributed by atoms with Gasteiger partial charge in [-0.15, -0.1) is 0 Å². The Hall–Kier alpha value is -10.1. The van der Waals surface area contributed by atoms with Gasteiger partial charge in [0.05, 0.1) is 0 Å². The van der Waals surface area contributed by atoms with Crippen molar-refractivity contribution in [3.63, 3.8) is 0 Å². The molecule has 0 spiro atoms. The number of phenols is 10. The Labute approximate surface area is 794 Å². The van der Waals surface area contributed by atoms with E-state index in [1.165, 1.54) is 131 Å². The van der Waals surface area contributed by atoms with E-state index < -0.39 is 0 Å². The number of rotatable bonds is 15. The molecular formula is C122H162O10. The number of hydrogen-bond acceptors (Lipinski definition) is 10. The molecule has 4 fully saturated rings. The molecule has 10 nitrogen and oxygen atoms in total. The van der Waals surface area contributed by atoms with Gasteiger partial charge < -0.3 is 51.1 Å². The van der Waals surface area contributed by atoms with E-state index in [0.717, 1.165) is 202 Å². The summed E-state index contributed by atoms with van der Waals surface area (Å²) in [5.74, 6) is 7.15. The topological polar surface area (TPSA) is 202 Å². The first kappa shape index (κ1) is 102. The standard InChI is InChI=1S/C26H36O2.C25H32O2.C25H34O2.C24H32O2.C22H28O2/c1-17-13-19(3)25(27)22(15-17)24(21-11-9-7-5-6-8-10-12-21)23-16-18(2)14-20(4)26(23)28;1-14-7-8-20(17(4)9-14)23(21-12-15(2)10-18(5)24(21)26)22-13-16(3)11-19(6)25(22)27;1-16-12-18(3)24(26)21(14-16)23(20-10-8-6-5-7-9-11-20)22-15-17(2)13-19(4)25(22)27;1-15-11-17(3)23(25)20(13-15)22(19-9-7-5-6-8-10-19)21-14-16(2)12-18(4)24(21)26;1-12-8-15(4)21(23)18(10-12)20(17-7-6-14(17)3)19-11-13(2)9-16(5)22(19)24/h13-16,21,24,27-28H,5-12H2,1-4H3;9-13,17,20,23,26-27H,7-8H2,1-6H3;12-15,20,23,26-27H,5-11H2,1-4H3;11-14,19,22,25-26H,5-10H2,1-4H3;8-11,14,17,20,23-24H,6-7H2,1-5H3. The van der Waals surface area contributed by atoms with Gasteiger partial charge in [0.25, 0.3) is 0 Å². The summed E-state index contributed by atoms with van der Waals surface area (Å²) in [5, 5.41) is 109. The maximum absolute atomic E-state index is 11.0. The SMILES string of the molecule is CC1=CC(C)C(C(c2cc(C)cc(C)c2O)c2cc(C)cc(C)c2O)CC1.Cc1cc(C)c(O)c(C(c2cc(C)cc(C)c2O)C2CCC2C)c1.Cc1cc(C)c(O)c(C(c2cc(C)cc(C)c2O)C2CCCCCC2)c1.Cc1cc(C)c(O)c(C(c2cc(C)cc(C)c2O)C2CCCCCCC2)c1.Cc1cc(C)c(O)c(C(c2cc(C)cc(C)c2O)C2CCCCCCCC2)c1. The summed E-state index contributed by atoms with van der Waals surface area (Å²) >= 11 is 0. The van der Waals surface area contributed by atoms with Gasteiger partial charge >= 0.3 is 0 Å². The van der Waals surface area contributed by atoms with Crippen LogP contribution in [0.25, 0.3) is 0 Å². The molecule has 132 heavy (non-hydrogen) atoms. The van der Waals surface area contributed by atoms with Gasteiger partial charge in [0.15, 0.2) is 0 Å². The van der Waals surface area contributed by atoms with E-state index in [2.05, 4.69) is 157 Å². The van der Waals surface area contributed by atoms with Crippen molar-refractivity contribution in [3.8, 4) is 57.5 Å². The van der Waals surface area contributed by atoms with Crippen molar-refractivity contribution < 1.29 is 51.1 Å². The molecule has 0 saturated heterocycles. The maximum Gasteiger partial charge on any atom is 0.122 e. The zero-order chi connectivity index (χ0) is 96.1. The van der Waals surface area contributed by atoms with Crippen LogP contribution in [-0.4, -0.2) is 51.1 Å². The monoisotopic (exact) mass is 1790 g/mol. The molecule has 4 unspecified atom stereocenters. The lowest BCUT2D eigenvalue weighted by atomic mass is 9.63. The molecule has 5 aliphatic rings. The number of benzene rings is 10. The first-order valence-electron chi connectivity index (χ1n) is 50.3. The van der Waals surface area contributed by atoms with Crippen molar-refractivity contribution in [2.24, 2.45) is 41.4 Å². The van der Waals surface area contributed by atoms with Gasteiger partial charge in [-0.1, -0.05) is 305 Å². The van der Waals surface area contributed by atoms with E-state index in [1.54, 1.807) is 0 Å². The summed E-state index contributed by atoms with van der Waals surface area (Å²) in [5.41, 5.74) is 31.9. The minimum atomic E-state index is -0.0263. The fraction of sp³-hybridized carbons (Fsp3) is 0.492. The highest BCUT2D eigenvalue weighted by Gasteiger charge is 2.41. The molecule has 0 amide bonds. The Bertz CT molecular complexity index is 5380. The van der Waals surface area contributed by atoms with Gasteiger partial charge in [-0.25, -0.2) is 0 Å². The molecule has 0 radical (unpaired) electrons. The second kappa shape index (κ2) is 45.8. The second-order valence-electron chi connectivity index (χ2n) is 42.2. The van der Waals surface area contributed by atoms with Crippen LogP contribution < -0.4 is 0 Å². The minimum absolute atomic E-state index is 0.0263. The van der Waals surface area contributed by atoms with Crippen molar-refractivity contribution in [2.75, 3.05) is 0 Å². The molecule has 10 aromatic carbocycles. The Balaban J connectivity index is 0.000000159. The molecule has 5 aliphatic carbocycles. The van der Waals surface area contributed by atoms with Gasteiger partial charge in [-0.3, -0.25) is 0 Å². The number of hydrogen-bond donors (Lipinski definition) is 10. The Morgan fingerprint density at radius 3 is 0.515 bits per heavy atom. The van der Waals surface area contributed by atoms with Crippen molar-refractivity contribution in [1.82, 2.24) is 0 Å². The molecule has 10 aromatic rings. The molecule has 15 rings (SSSR count). The summed E-state index contributed by atoms with van der Waals surface area (Å²) in [4.78, 5) is 0. The van der Waals surface area contributed by atoms with Gasteiger partial charge in [0.2, 0.25) is 0 Å². The average molecular weight is 1790 g/mol. The number of allylic oxidation sites excluding steroid dienone is 2. The summed E-state index contributed by atoms with van der Waals surface area (Å²) in [6.45, 7) is 47.2. The van der Waals surface area contributed by atoms with Gasteiger partial charge in [-0.2, -0.15) is 0 Å². The molecule has 710 valence electrons. The van der Waals surface area contributed by atoms with Crippen LogP contribution in [0.15, 0.2) is 133 Å². The van der Waals surface area contributed by atoms with Crippen LogP contribution in [0.4, 0.5) is 0 Å². The molecule has 0 bridgehead atoms. The molecule has 0 aromatic heterocycles. The van der Waals surface area contributed by atoms with Gasteiger partial charge in [0.1, 0.15) is 57.5 Å². The molecule has 4 saturated carbocycles. The lowest BCUT2D eigenvalue weighted by molar-refractivity contribution is 0.171. The second-order valence-corrected chi connectivity index (χ2v) is 42.2.